The van der Waals surface area contributed by atoms with Gasteiger partial charge in [-0.3, -0.25) is 19.2 Å². The first-order chi connectivity index (χ1) is 14.4. The Kier molecular flexibility index (Phi) is 5.09. The van der Waals surface area contributed by atoms with Crippen LogP contribution in [0.15, 0.2) is 36.4 Å². The lowest BCUT2D eigenvalue weighted by atomic mass is 9.85. The number of piperidine rings is 1. The Morgan fingerprint density at radius 2 is 1.80 bits per heavy atom. The van der Waals surface area contributed by atoms with Crippen LogP contribution in [0.2, 0.25) is 0 Å². The number of likely N-dealkylation sites (N-methyl/N-ethyl adjacent to an activating group) is 1. The van der Waals surface area contributed by atoms with Crippen LogP contribution < -0.4 is 0 Å². The molecule has 0 unspecified atom stereocenters. The van der Waals surface area contributed by atoms with E-state index in [-0.39, 0.29) is 17.8 Å². The molecule has 2 fully saturated rings. The van der Waals surface area contributed by atoms with E-state index in [0.717, 1.165) is 11.3 Å². The SMILES string of the molecule is CCN1C(=O)N(Cc2ccccc2)C2(CCN(C(=O)c3cc(C)n(C)n3)CC2)C1=O. The fourth-order valence-corrected chi connectivity index (χ4v) is 4.44. The van der Waals surface area contributed by atoms with Crippen molar-refractivity contribution in [1.29, 1.82) is 0 Å². The van der Waals surface area contributed by atoms with Gasteiger partial charge in [0.05, 0.1) is 0 Å². The van der Waals surface area contributed by atoms with Gasteiger partial charge in [0.1, 0.15) is 5.54 Å². The third-order valence-electron chi connectivity index (χ3n) is 6.33. The van der Waals surface area contributed by atoms with Gasteiger partial charge in [-0.25, -0.2) is 4.79 Å². The molecule has 158 valence electrons. The standard InChI is InChI=1S/C22H27N5O3/c1-4-26-20(29)22(27(21(26)30)15-17-8-6-5-7-9-17)10-12-25(13-11-22)19(28)18-14-16(2)24(3)23-18/h5-9,14H,4,10-13,15H2,1-3H3. The average molecular weight is 409 g/mol. The molecule has 8 heteroatoms. The summed E-state index contributed by atoms with van der Waals surface area (Å²) in [5, 5.41) is 4.28. The molecule has 0 radical (unpaired) electrons. The van der Waals surface area contributed by atoms with E-state index in [1.54, 1.807) is 27.6 Å². The van der Waals surface area contributed by atoms with E-state index >= 15 is 0 Å². The summed E-state index contributed by atoms with van der Waals surface area (Å²) in [4.78, 5) is 44.0. The Bertz CT molecular complexity index is 956. The molecule has 4 rings (SSSR count). The molecule has 3 heterocycles. The van der Waals surface area contributed by atoms with Gasteiger partial charge in [0.25, 0.3) is 11.8 Å². The number of hydrogen-bond donors (Lipinski definition) is 0. The van der Waals surface area contributed by atoms with Gasteiger partial charge < -0.3 is 9.80 Å². The second-order valence-electron chi connectivity index (χ2n) is 8.02. The molecule has 2 aromatic rings. The second-order valence-corrected chi connectivity index (χ2v) is 8.02. The predicted molar refractivity (Wildman–Crippen MR) is 111 cm³/mol. The Morgan fingerprint density at radius 3 is 2.37 bits per heavy atom. The third-order valence-corrected chi connectivity index (χ3v) is 6.33. The maximum absolute atomic E-state index is 13.3. The number of carbonyl (C=O) groups excluding carboxylic acids is 3. The first-order valence-electron chi connectivity index (χ1n) is 10.3. The first kappa shape index (κ1) is 20.1. The number of hydrogen-bond acceptors (Lipinski definition) is 4. The summed E-state index contributed by atoms with van der Waals surface area (Å²) in [6.07, 6.45) is 0.858. The summed E-state index contributed by atoms with van der Waals surface area (Å²) >= 11 is 0. The lowest BCUT2D eigenvalue weighted by Gasteiger charge is -2.42. The summed E-state index contributed by atoms with van der Waals surface area (Å²) < 4.78 is 1.68. The fourth-order valence-electron chi connectivity index (χ4n) is 4.44. The largest absolute Gasteiger partial charge is 0.337 e. The van der Waals surface area contributed by atoms with Gasteiger partial charge in [-0.1, -0.05) is 30.3 Å². The number of aromatic nitrogens is 2. The minimum Gasteiger partial charge on any atom is -0.337 e. The van der Waals surface area contributed by atoms with Crippen LogP contribution in [0.5, 0.6) is 0 Å². The Morgan fingerprint density at radius 1 is 1.13 bits per heavy atom. The van der Waals surface area contributed by atoms with Crippen LogP contribution in [0, 0.1) is 6.92 Å². The summed E-state index contributed by atoms with van der Waals surface area (Å²) in [6, 6.07) is 11.2. The molecule has 0 aliphatic carbocycles. The highest BCUT2D eigenvalue weighted by Crippen LogP contribution is 2.38. The zero-order chi connectivity index (χ0) is 21.5. The van der Waals surface area contributed by atoms with Gasteiger partial charge in [-0.05, 0) is 38.3 Å². The van der Waals surface area contributed by atoms with Gasteiger partial charge in [0.2, 0.25) is 0 Å². The van der Waals surface area contributed by atoms with E-state index in [4.69, 9.17) is 0 Å². The summed E-state index contributed by atoms with van der Waals surface area (Å²) in [7, 11) is 1.81. The molecule has 2 saturated heterocycles. The molecule has 1 spiro atoms. The molecule has 0 saturated carbocycles. The van der Waals surface area contributed by atoms with Crippen LogP contribution in [0.1, 0.15) is 41.5 Å². The number of carbonyl (C=O) groups is 3. The Balaban J connectivity index is 1.56. The number of likely N-dealkylation sites (tertiary alicyclic amines) is 1. The lowest BCUT2D eigenvalue weighted by molar-refractivity contribution is -0.135. The molecular weight excluding hydrogens is 382 g/mol. The molecule has 2 aliphatic heterocycles. The molecule has 1 aromatic heterocycles. The highest BCUT2D eigenvalue weighted by atomic mass is 16.2. The third kappa shape index (κ3) is 3.16. The van der Waals surface area contributed by atoms with Crippen LogP contribution in [0.3, 0.4) is 0 Å². The van der Waals surface area contributed by atoms with Crippen molar-refractivity contribution in [3.8, 4) is 0 Å². The van der Waals surface area contributed by atoms with Crippen molar-refractivity contribution in [2.45, 2.75) is 38.8 Å². The van der Waals surface area contributed by atoms with Crippen LogP contribution in [-0.2, 0) is 18.4 Å². The first-order valence-corrected chi connectivity index (χ1v) is 10.3. The molecular formula is C22H27N5O3. The molecule has 2 aliphatic rings. The second kappa shape index (κ2) is 7.59. The van der Waals surface area contributed by atoms with Crippen molar-refractivity contribution in [3.05, 3.63) is 53.3 Å². The van der Waals surface area contributed by atoms with Gasteiger partial charge in [0, 0.05) is 38.9 Å². The van der Waals surface area contributed by atoms with Gasteiger partial charge in [0.15, 0.2) is 5.69 Å². The van der Waals surface area contributed by atoms with E-state index in [9.17, 15) is 14.4 Å². The Labute approximate surface area is 176 Å². The molecule has 30 heavy (non-hydrogen) atoms. The molecule has 4 amide bonds. The monoisotopic (exact) mass is 409 g/mol. The quantitative estimate of drug-likeness (QED) is 0.725. The van der Waals surface area contributed by atoms with Crippen molar-refractivity contribution in [2.24, 2.45) is 7.05 Å². The number of imide groups is 1. The van der Waals surface area contributed by atoms with Gasteiger partial charge in [-0.2, -0.15) is 5.10 Å². The van der Waals surface area contributed by atoms with E-state index in [1.165, 1.54) is 4.90 Å². The molecule has 1 aromatic carbocycles. The topological polar surface area (TPSA) is 78.8 Å². The number of aryl methyl sites for hydroxylation is 2. The van der Waals surface area contributed by atoms with Crippen molar-refractivity contribution >= 4 is 17.8 Å². The van der Waals surface area contributed by atoms with E-state index in [2.05, 4.69) is 5.10 Å². The number of benzene rings is 1. The fraction of sp³-hybridized carbons (Fsp3) is 0.455. The highest BCUT2D eigenvalue weighted by molar-refractivity contribution is 6.07. The number of nitrogens with zero attached hydrogens (tertiary/aromatic N) is 5. The van der Waals surface area contributed by atoms with Crippen molar-refractivity contribution in [2.75, 3.05) is 19.6 Å². The van der Waals surface area contributed by atoms with Crippen LogP contribution in [-0.4, -0.2) is 67.5 Å². The van der Waals surface area contributed by atoms with Crippen molar-refractivity contribution in [3.63, 3.8) is 0 Å². The van der Waals surface area contributed by atoms with Gasteiger partial charge in [-0.15, -0.1) is 0 Å². The van der Waals surface area contributed by atoms with Crippen molar-refractivity contribution < 1.29 is 14.4 Å². The van der Waals surface area contributed by atoms with Crippen LogP contribution in [0.25, 0.3) is 0 Å². The van der Waals surface area contributed by atoms with E-state index in [1.807, 2.05) is 44.2 Å². The minimum absolute atomic E-state index is 0.132. The number of rotatable bonds is 4. The van der Waals surface area contributed by atoms with Gasteiger partial charge >= 0.3 is 6.03 Å². The minimum atomic E-state index is -0.889. The van der Waals surface area contributed by atoms with Crippen molar-refractivity contribution in [1.82, 2.24) is 24.5 Å². The molecule has 0 N–H and O–H groups in total. The van der Waals surface area contributed by atoms with E-state index < -0.39 is 5.54 Å². The normalized spacial score (nSPS) is 18.6. The molecule has 8 nitrogen and oxygen atoms in total. The van der Waals surface area contributed by atoms with Crippen LogP contribution >= 0.6 is 0 Å². The summed E-state index contributed by atoms with van der Waals surface area (Å²) in [5.41, 5.74) is 1.42. The zero-order valence-corrected chi connectivity index (χ0v) is 17.7. The van der Waals surface area contributed by atoms with Crippen LogP contribution in [0.4, 0.5) is 4.79 Å². The number of urea groups is 1. The zero-order valence-electron chi connectivity index (χ0n) is 17.7. The molecule has 0 atom stereocenters. The highest BCUT2D eigenvalue weighted by Gasteiger charge is 2.57. The molecule has 0 bridgehead atoms. The smallest absolute Gasteiger partial charge is 0.327 e. The number of amides is 4. The Hall–Kier alpha value is -3.16. The van der Waals surface area contributed by atoms with E-state index in [0.29, 0.717) is 44.7 Å². The average Bonchev–Trinajstić information content (AvgIpc) is 3.19. The lowest BCUT2D eigenvalue weighted by Crippen LogP contribution is -2.57. The maximum Gasteiger partial charge on any atom is 0.327 e. The maximum atomic E-state index is 13.3. The summed E-state index contributed by atoms with van der Waals surface area (Å²) in [5.74, 6) is -0.279. The summed E-state index contributed by atoms with van der Waals surface area (Å²) in [6.45, 7) is 5.28. The predicted octanol–water partition coefficient (Wildman–Crippen LogP) is 2.19.